The standard InChI is InChI=1S/C14H16N4/c1-3-10-9-15-7-6-11(10)12(4-1)14-17-16-13-5-2-8-18(13)14/h1,3-4,15H,2,5-9H2. The van der Waals surface area contributed by atoms with Crippen molar-refractivity contribution in [1.29, 1.82) is 0 Å². The highest BCUT2D eigenvalue weighted by molar-refractivity contribution is 5.63. The highest BCUT2D eigenvalue weighted by Gasteiger charge is 2.22. The first kappa shape index (κ1) is 10.3. The molecule has 1 N–H and O–H groups in total. The number of benzene rings is 1. The van der Waals surface area contributed by atoms with Crippen LogP contribution in [0.15, 0.2) is 18.2 Å². The van der Waals surface area contributed by atoms with Gasteiger partial charge < -0.3 is 9.88 Å². The Morgan fingerprint density at radius 3 is 3.17 bits per heavy atom. The third kappa shape index (κ3) is 1.42. The zero-order chi connectivity index (χ0) is 11.9. The molecule has 1 aromatic carbocycles. The van der Waals surface area contributed by atoms with Crippen LogP contribution in [0.3, 0.4) is 0 Å². The van der Waals surface area contributed by atoms with Crippen molar-refractivity contribution < 1.29 is 0 Å². The molecule has 1 aromatic heterocycles. The van der Waals surface area contributed by atoms with Crippen LogP contribution in [0, 0.1) is 0 Å². The van der Waals surface area contributed by atoms with Gasteiger partial charge in [0.05, 0.1) is 0 Å². The van der Waals surface area contributed by atoms with Crippen LogP contribution < -0.4 is 5.32 Å². The molecule has 2 aliphatic heterocycles. The van der Waals surface area contributed by atoms with Crippen LogP contribution in [0.1, 0.15) is 23.4 Å². The van der Waals surface area contributed by atoms with E-state index >= 15 is 0 Å². The molecular weight excluding hydrogens is 224 g/mol. The summed E-state index contributed by atoms with van der Waals surface area (Å²) in [5.74, 6) is 2.22. The Balaban J connectivity index is 1.89. The van der Waals surface area contributed by atoms with E-state index < -0.39 is 0 Å². The monoisotopic (exact) mass is 240 g/mol. The quantitative estimate of drug-likeness (QED) is 0.822. The highest BCUT2D eigenvalue weighted by atomic mass is 15.3. The summed E-state index contributed by atoms with van der Waals surface area (Å²) >= 11 is 0. The van der Waals surface area contributed by atoms with Crippen LogP contribution in [-0.4, -0.2) is 21.3 Å². The van der Waals surface area contributed by atoms with Gasteiger partial charge in [0, 0.05) is 25.1 Å². The van der Waals surface area contributed by atoms with Crippen molar-refractivity contribution in [2.24, 2.45) is 0 Å². The third-order valence-electron chi connectivity index (χ3n) is 3.99. The second kappa shape index (κ2) is 3.92. The molecule has 2 aromatic rings. The van der Waals surface area contributed by atoms with Gasteiger partial charge in [0.25, 0.3) is 0 Å². The van der Waals surface area contributed by atoms with Crippen molar-refractivity contribution >= 4 is 0 Å². The lowest BCUT2D eigenvalue weighted by Crippen LogP contribution is -2.24. The van der Waals surface area contributed by atoms with Crippen LogP contribution in [0.4, 0.5) is 0 Å². The smallest absolute Gasteiger partial charge is 0.164 e. The minimum absolute atomic E-state index is 0.976. The Hall–Kier alpha value is -1.68. The van der Waals surface area contributed by atoms with Crippen molar-refractivity contribution in [3.05, 3.63) is 35.2 Å². The van der Waals surface area contributed by atoms with Gasteiger partial charge in [0.2, 0.25) is 0 Å². The summed E-state index contributed by atoms with van der Waals surface area (Å²) in [4.78, 5) is 0. The van der Waals surface area contributed by atoms with Crippen molar-refractivity contribution in [2.45, 2.75) is 32.4 Å². The van der Waals surface area contributed by atoms with Gasteiger partial charge in [-0.3, -0.25) is 0 Å². The maximum atomic E-state index is 4.41. The average Bonchev–Trinajstić information content (AvgIpc) is 3.01. The van der Waals surface area contributed by atoms with Gasteiger partial charge in [0.15, 0.2) is 5.82 Å². The molecule has 4 heteroatoms. The van der Waals surface area contributed by atoms with E-state index in [2.05, 4.69) is 38.3 Å². The molecule has 0 atom stereocenters. The Kier molecular flexibility index (Phi) is 2.23. The van der Waals surface area contributed by atoms with E-state index in [0.717, 1.165) is 44.1 Å². The second-order valence-electron chi connectivity index (χ2n) is 5.07. The van der Waals surface area contributed by atoms with Crippen LogP contribution in [0.25, 0.3) is 11.4 Å². The molecule has 0 unspecified atom stereocenters. The summed E-state index contributed by atoms with van der Waals surface area (Å²) in [5, 5.41) is 12.2. The van der Waals surface area contributed by atoms with E-state index in [1.54, 1.807) is 0 Å². The van der Waals surface area contributed by atoms with Gasteiger partial charge in [-0.05, 0) is 30.5 Å². The third-order valence-corrected chi connectivity index (χ3v) is 3.99. The number of hydrogen-bond acceptors (Lipinski definition) is 3. The first-order valence-electron chi connectivity index (χ1n) is 6.67. The number of aromatic nitrogens is 3. The van der Waals surface area contributed by atoms with Crippen molar-refractivity contribution in [3.63, 3.8) is 0 Å². The summed E-state index contributed by atoms with van der Waals surface area (Å²) in [6, 6.07) is 6.55. The van der Waals surface area contributed by atoms with E-state index in [1.807, 2.05) is 0 Å². The lowest BCUT2D eigenvalue weighted by molar-refractivity contribution is 0.643. The molecule has 2 aliphatic rings. The molecule has 3 heterocycles. The van der Waals surface area contributed by atoms with Crippen molar-refractivity contribution in [1.82, 2.24) is 20.1 Å². The number of hydrogen-bond donors (Lipinski definition) is 1. The van der Waals surface area contributed by atoms with Gasteiger partial charge in [-0.2, -0.15) is 0 Å². The Morgan fingerprint density at radius 2 is 2.17 bits per heavy atom. The summed E-state index contributed by atoms with van der Waals surface area (Å²) in [6.45, 7) is 3.11. The first-order valence-corrected chi connectivity index (χ1v) is 6.67. The van der Waals surface area contributed by atoms with Crippen LogP contribution in [0.2, 0.25) is 0 Å². The van der Waals surface area contributed by atoms with Gasteiger partial charge in [-0.15, -0.1) is 10.2 Å². The van der Waals surface area contributed by atoms with E-state index in [4.69, 9.17) is 0 Å². The fourth-order valence-electron chi connectivity index (χ4n) is 3.09. The molecular formula is C14H16N4. The summed E-state index contributed by atoms with van der Waals surface area (Å²) < 4.78 is 2.29. The van der Waals surface area contributed by atoms with E-state index in [1.165, 1.54) is 23.1 Å². The minimum atomic E-state index is 0.976. The van der Waals surface area contributed by atoms with Crippen molar-refractivity contribution in [3.8, 4) is 11.4 Å². The molecule has 0 bridgehead atoms. The molecule has 0 spiro atoms. The fourth-order valence-corrected chi connectivity index (χ4v) is 3.09. The molecule has 4 nitrogen and oxygen atoms in total. The summed E-state index contributed by atoms with van der Waals surface area (Å²) in [7, 11) is 0. The van der Waals surface area contributed by atoms with Crippen LogP contribution >= 0.6 is 0 Å². The molecule has 0 amide bonds. The molecule has 0 aliphatic carbocycles. The first-order chi connectivity index (χ1) is 8.93. The topological polar surface area (TPSA) is 42.7 Å². The maximum absolute atomic E-state index is 4.41. The normalized spacial score (nSPS) is 17.6. The van der Waals surface area contributed by atoms with Crippen LogP contribution in [-0.2, 0) is 25.9 Å². The molecule has 18 heavy (non-hydrogen) atoms. The lowest BCUT2D eigenvalue weighted by Gasteiger charge is -2.20. The Bertz CT molecular complexity index is 600. The van der Waals surface area contributed by atoms with Crippen molar-refractivity contribution in [2.75, 3.05) is 6.54 Å². The van der Waals surface area contributed by atoms with Gasteiger partial charge in [-0.25, -0.2) is 0 Å². The van der Waals surface area contributed by atoms with Gasteiger partial charge in [-0.1, -0.05) is 18.2 Å². The molecule has 0 saturated heterocycles. The number of nitrogens with one attached hydrogen (secondary N) is 1. The zero-order valence-corrected chi connectivity index (χ0v) is 10.3. The molecule has 0 saturated carbocycles. The molecule has 92 valence electrons. The second-order valence-corrected chi connectivity index (χ2v) is 5.07. The zero-order valence-electron chi connectivity index (χ0n) is 10.3. The highest BCUT2D eigenvalue weighted by Crippen LogP contribution is 2.29. The maximum Gasteiger partial charge on any atom is 0.164 e. The Morgan fingerprint density at radius 1 is 1.17 bits per heavy atom. The van der Waals surface area contributed by atoms with Crippen LogP contribution in [0.5, 0.6) is 0 Å². The van der Waals surface area contributed by atoms with E-state index in [-0.39, 0.29) is 0 Å². The summed E-state index contributed by atoms with van der Waals surface area (Å²) in [6.07, 6.45) is 3.37. The van der Waals surface area contributed by atoms with E-state index in [0.29, 0.717) is 0 Å². The Labute approximate surface area is 106 Å². The van der Waals surface area contributed by atoms with E-state index in [9.17, 15) is 0 Å². The molecule has 0 radical (unpaired) electrons. The lowest BCUT2D eigenvalue weighted by atomic mass is 9.95. The molecule has 4 rings (SSSR count). The number of rotatable bonds is 1. The van der Waals surface area contributed by atoms with Gasteiger partial charge in [0.1, 0.15) is 5.82 Å². The van der Waals surface area contributed by atoms with Gasteiger partial charge >= 0.3 is 0 Å². The number of fused-ring (bicyclic) bond motifs is 2. The minimum Gasteiger partial charge on any atom is -0.312 e. The largest absolute Gasteiger partial charge is 0.312 e. The predicted molar refractivity (Wildman–Crippen MR) is 69.2 cm³/mol. The fraction of sp³-hybridized carbons (Fsp3) is 0.429. The average molecular weight is 240 g/mol. The SMILES string of the molecule is c1cc2c(c(-c3nnc4n3CCC4)c1)CCNC2. The predicted octanol–water partition coefficient (Wildman–Crippen LogP) is 1.54. The number of aryl methyl sites for hydroxylation is 1. The number of nitrogens with zero attached hydrogens (tertiary/aromatic N) is 3. The molecule has 0 fully saturated rings. The summed E-state index contributed by atoms with van der Waals surface area (Å²) in [5.41, 5.74) is 4.15.